The normalized spacial score (nSPS) is 44.1. The van der Waals surface area contributed by atoms with Crippen LogP contribution in [0.4, 0.5) is 0 Å². The fraction of sp³-hybridized carbons (Fsp3) is 0.750. The number of hydrogen-bond acceptors (Lipinski definition) is 4. The summed E-state index contributed by atoms with van der Waals surface area (Å²) >= 11 is 0. The second-order valence-electron chi connectivity index (χ2n) is 14.9. The number of carbonyl (C=O) groups excluding carboxylic acids is 2. The van der Waals surface area contributed by atoms with Crippen molar-refractivity contribution >= 4 is 11.6 Å². The molecule has 0 aromatic heterocycles. The van der Waals surface area contributed by atoms with Crippen LogP contribution in [0, 0.1) is 61.6 Å². The van der Waals surface area contributed by atoms with Crippen LogP contribution in [0.15, 0.2) is 23.3 Å². The summed E-state index contributed by atoms with van der Waals surface area (Å²) < 4.78 is 0. The van der Waals surface area contributed by atoms with Crippen LogP contribution in [0.5, 0.6) is 0 Å². The first-order chi connectivity index (χ1) is 16.6. The molecule has 5 aliphatic carbocycles. The molecule has 0 spiro atoms. The van der Waals surface area contributed by atoms with E-state index in [1.807, 2.05) is 26.0 Å². The number of rotatable bonds is 2. The summed E-state index contributed by atoms with van der Waals surface area (Å²) in [5, 5.41) is 13.4. The maximum absolute atomic E-state index is 14.4. The molecule has 3 saturated carbocycles. The molecule has 1 unspecified atom stereocenters. The van der Waals surface area contributed by atoms with Crippen molar-refractivity contribution in [2.24, 2.45) is 44.3 Å². The van der Waals surface area contributed by atoms with Gasteiger partial charge in [0, 0.05) is 10.8 Å². The first-order valence-corrected chi connectivity index (χ1v) is 14.1. The second-order valence-corrected chi connectivity index (χ2v) is 14.9. The van der Waals surface area contributed by atoms with E-state index in [9.17, 15) is 14.9 Å². The number of nitrogens with zero attached hydrogens (tertiary/aromatic N) is 1. The standard InChI is InChI=1S/C32H45N2O2.Li/c1-27(2)11-13-32(19-34-8)14-12-31(7)25(21(32)17-27)22(35)15-24-29(5)16-20(18-33)26(36)28(3,4)23(29)9-10-30(24,31)6;/h15-16,23,25,34H,9-14,17,19H2,1-8H3;/q-1;+1/t23?,25-,29-,30+,31+,32+;/m0./s1. The topological polar surface area (TPSA) is 70.0 Å². The summed E-state index contributed by atoms with van der Waals surface area (Å²) in [7, 11) is 2.05. The fourth-order valence-electron chi connectivity index (χ4n) is 9.99. The second kappa shape index (κ2) is 8.68. The Labute approximate surface area is 236 Å². The van der Waals surface area contributed by atoms with Gasteiger partial charge in [-0.3, -0.25) is 15.5 Å². The van der Waals surface area contributed by atoms with Crippen molar-refractivity contribution in [1.29, 1.82) is 5.26 Å². The Hall–Kier alpha value is -1.13. The van der Waals surface area contributed by atoms with Crippen LogP contribution in [0.3, 0.4) is 0 Å². The van der Waals surface area contributed by atoms with E-state index in [1.165, 1.54) is 17.9 Å². The third-order valence-electron chi connectivity index (χ3n) is 12.2. The quantitative estimate of drug-likeness (QED) is 0.470. The zero-order valence-electron chi connectivity index (χ0n) is 24.7. The molecule has 5 heteroatoms. The minimum atomic E-state index is -0.617. The SMILES string of the molecule is CNC[C@]12CCC(C)(C)C[C-]1[C@H]1C(=O)C=C3[C@@]4(C)C=C(C#N)C(=O)C(C)(C)C4CC[C@@]3(C)[C@]1(C)CC2.[Li+]. The number of carbonyl (C=O) groups is 2. The summed E-state index contributed by atoms with van der Waals surface area (Å²) in [4.78, 5) is 27.6. The molecular weight excluding hydrogens is 451 g/mol. The molecule has 5 rings (SSSR count). The molecule has 37 heavy (non-hydrogen) atoms. The molecule has 3 fully saturated rings. The maximum atomic E-state index is 14.4. The van der Waals surface area contributed by atoms with E-state index < -0.39 is 10.8 Å². The third-order valence-corrected chi connectivity index (χ3v) is 12.2. The Kier molecular flexibility index (Phi) is 6.77. The number of Topliss-reactive ketones (excluding diaryl/α,β-unsaturated/α-hetero) is 1. The molecule has 0 aromatic rings. The van der Waals surface area contributed by atoms with E-state index in [-0.39, 0.29) is 69.5 Å². The molecule has 1 N–H and O–H groups in total. The minimum Gasteiger partial charge on any atom is -0.322 e. The van der Waals surface area contributed by atoms with Crippen LogP contribution < -0.4 is 24.2 Å². The molecule has 0 bridgehead atoms. The van der Waals surface area contributed by atoms with Gasteiger partial charge in [-0.1, -0.05) is 97.1 Å². The van der Waals surface area contributed by atoms with E-state index in [0.717, 1.165) is 45.1 Å². The fourth-order valence-corrected chi connectivity index (χ4v) is 9.99. The molecule has 5 aliphatic rings. The smallest absolute Gasteiger partial charge is 0.322 e. The van der Waals surface area contributed by atoms with Crippen LogP contribution in [0.2, 0.25) is 0 Å². The van der Waals surface area contributed by atoms with Crippen molar-refractivity contribution in [1.82, 2.24) is 5.32 Å². The van der Waals surface area contributed by atoms with E-state index in [0.29, 0.717) is 0 Å². The largest absolute Gasteiger partial charge is 1.00 e. The van der Waals surface area contributed by atoms with E-state index in [4.69, 9.17) is 0 Å². The van der Waals surface area contributed by atoms with E-state index in [1.54, 1.807) is 0 Å². The van der Waals surface area contributed by atoms with Crippen LogP contribution in [-0.2, 0) is 9.59 Å². The Balaban J connectivity index is 0.00000320. The van der Waals surface area contributed by atoms with Gasteiger partial charge >= 0.3 is 18.9 Å². The molecule has 0 aliphatic heterocycles. The maximum Gasteiger partial charge on any atom is 1.00 e. The number of nitriles is 1. The molecule has 0 heterocycles. The van der Waals surface area contributed by atoms with Gasteiger partial charge < -0.3 is 5.32 Å². The van der Waals surface area contributed by atoms with Crippen molar-refractivity contribution in [3.05, 3.63) is 29.2 Å². The van der Waals surface area contributed by atoms with Crippen molar-refractivity contribution in [3.63, 3.8) is 0 Å². The number of nitrogens with one attached hydrogen (secondary N) is 1. The Morgan fingerprint density at radius 1 is 1.03 bits per heavy atom. The summed E-state index contributed by atoms with van der Waals surface area (Å²) in [5.41, 5.74) is 0.393. The summed E-state index contributed by atoms with van der Waals surface area (Å²) in [6, 6.07) is 2.21. The Morgan fingerprint density at radius 3 is 2.30 bits per heavy atom. The van der Waals surface area contributed by atoms with Crippen LogP contribution >= 0.6 is 0 Å². The Morgan fingerprint density at radius 2 is 1.68 bits per heavy atom. The number of hydrogen-bond donors (Lipinski definition) is 1. The van der Waals surface area contributed by atoms with Crippen molar-refractivity contribution in [2.75, 3.05) is 13.6 Å². The molecule has 0 saturated heterocycles. The zero-order chi connectivity index (χ0) is 26.5. The first kappa shape index (κ1) is 28.9. The molecular formula is C32H45LiN2O2. The van der Waals surface area contributed by atoms with E-state index in [2.05, 4.69) is 53.1 Å². The number of ketones is 2. The molecule has 0 amide bonds. The van der Waals surface area contributed by atoms with Gasteiger partial charge in [0.05, 0.1) is 5.57 Å². The molecule has 4 nitrogen and oxygen atoms in total. The van der Waals surface area contributed by atoms with Gasteiger partial charge in [-0.15, -0.1) is 5.41 Å². The van der Waals surface area contributed by atoms with Crippen molar-refractivity contribution in [2.45, 2.75) is 93.4 Å². The van der Waals surface area contributed by atoms with Crippen LogP contribution in [0.1, 0.15) is 93.4 Å². The molecule has 0 radical (unpaired) electrons. The van der Waals surface area contributed by atoms with Gasteiger partial charge in [-0.25, -0.2) is 0 Å². The summed E-state index contributed by atoms with van der Waals surface area (Å²) in [6.45, 7) is 16.7. The molecule has 196 valence electrons. The molecule has 0 aromatic carbocycles. The number of allylic oxidation sites excluding steroid dienone is 4. The third kappa shape index (κ3) is 3.63. The monoisotopic (exact) mass is 496 g/mol. The van der Waals surface area contributed by atoms with Gasteiger partial charge in [0.1, 0.15) is 11.9 Å². The van der Waals surface area contributed by atoms with Crippen molar-refractivity contribution < 1.29 is 28.4 Å². The number of fused-ring (bicyclic) bond motifs is 7. The Bertz CT molecular complexity index is 1130. The summed E-state index contributed by atoms with van der Waals surface area (Å²) in [5.74, 6) is 1.77. The summed E-state index contributed by atoms with van der Waals surface area (Å²) in [6.07, 6.45) is 11.4. The predicted octanol–water partition coefficient (Wildman–Crippen LogP) is 3.39. The van der Waals surface area contributed by atoms with E-state index >= 15 is 0 Å². The van der Waals surface area contributed by atoms with Gasteiger partial charge in [0.25, 0.3) is 0 Å². The average molecular weight is 497 g/mol. The van der Waals surface area contributed by atoms with Crippen molar-refractivity contribution in [3.8, 4) is 6.07 Å². The van der Waals surface area contributed by atoms with Crippen LogP contribution in [0.25, 0.3) is 0 Å². The van der Waals surface area contributed by atoms with Gasteiger partial charge in [-0.05, 0) is 49.3 Å². The van der Waals surface area contributed by atoms with Gasteiger partial charge in [0.15, 0.2) is 5.78 Å². The van der Waals surface area contributed by atoms with Gasteiger partial charge in [-0.2, -0.15) is 11.7 Å². The first-order valence-electron chi connectivity index (χ1n) is 14.1. The zero-order valence-corrected chi connectivity index (χ0v) is 24.7. The predicted molar refractivity (Wildman–Crippen MR) is 143 cm³/mol. The molecule has 6 atom stereocenters. The average Bonchev–Trinajstić information content (AvgIpc) is 2.79. The van der Waals surface area contributed by atoms with Crippen LogP contribution in [-0.4, -0.2) is 25.2 Å². The van der Waals surface area contributed by atoms with Gasteiger partial charge in [0.2, 0.25) is 0 Å². The minimum absolute atomic E-state index is 0.